The van der Waals surface area contributed by atoms with Crippen LogP contribution in [0.5, 0.6) is 0 Å². The highest BCUT2D eigenvalue weighted by atomic mass is 16.1. The van der Waals surface area contributed by atoms with E-state index in [9.17, 15) is 9.59 Å². The van der Waals surface area contributed by atoms with Gasteiger partial charge in [-0.05, 0) is 57.4 Å². The topological polar surface area (TPSA) is 83.0 Å². The van der Waals surface area contributed by atoms with E-state index in [4.69, 9.17) is 0 Å². The van der Waals surface area contributed by atoms with Crippen molar-refractivity contribution in [1.29, 1.82) is 0 Å². The van der Waals surface area contributed by atoms with Crippen LogP contribution in [0.15, 0.2) is 23.1 Å². The number of amides is 1. The zero-order chi connectivity index (χ0) is 22.9. The molecule has 176 valence electrons. The Balaban J connectivity index is 1.41. The van der Waals surface area contributed by atoms with E-state index in [2.05, 4.69) is 27.3 Å². The number of carbonyl (C=O) groups is 1. The predicted octanol–water partition coefficient (Wildman–Crippen LogP) is 4.30. The number of hydrogen-bond acceptors (Lipinski definition) is 4. The molecule has 1 aromatic carbocycles. The first kappa shape index (κ1) is 22.1. The van der Waals surface area contributed by atoms with Crippen LogP contribution in [0.1, 0.15) is 79.8 Å². The molecule has 2 fully saturated rings. The van der Waals surface area contributed by atoms with Crippen molar-refractivity contribution in [3.8, 4) is 0 Å². The van der Waals surface area contributed by atoms with E-state index in [1.54, 1.807) is 6.20 Å². The smallest absolute Gasteiger partial charge is 0.259 e. The number of nitrogens with one attached hydrogen (secondary N) is 2. The summed E-state index contributed by atoms with van der Waals surface area (Å²) in [6, 6.07) is 4.82. The van der Waals surface area contributed by atoms with Crippen LogP contribution in [0, 0.1) is 6.92 Å². The Morgan fingerprint density at radius 1 is 1.12 bits per heavy atom. The van der Waals surface area contributed by atoms with Crippen LogP contribution in [0.2, 0.25) is 0 Å². The van der Waals surface area contributed by atoms with Crippen molar-refractivity contribution in [3.63, 3.8) is 0 Å². The summed E-state index contributed by atoms with van der Waals surface area (Å²) in [5.74, 6) is -0.0577. The molecule has 2 aliphatic rings. The Labute approximate surface area is 194 Å². The van der Waals surface area contributed by atoms with Gasteiger partial charge >= 0.3 is 0 Å². The number of aryl methyl sites for hydroxylation is 1. The first-order valence-corrected chi connectivity index (χ1v) is 12.5. The highest BCUT2D eigenvalue weighted by molar-refractivity contribution is 6.07. The lowest BCUT2D eigenvalue weighted by Gasteiger charge is -2.31. The van der Waals surface area contributed by atoms with Crippen molar-refractivity contribution in [2.45, 2.75) is 76.8 Å². The van der Waals surface area contributed by atoms with E-state index in [-0.39, 0.29) is 11.5 Å². The van der Waals surface area contributed by atoms with Gasteiger partial charge in [0.1, 0.15) is 0 Å². The zero-order valence-electron chi connectivity index (χ0n) is 19.8. The lowest BCUT2D eigenvalue weighted by molar-refractivity contribution is 0.0944. The number of aromatic nitrogens is 3. The number of nitrogens with zero attached hydrogens (tertiary/aromatic N) is 3. The maximum Gasteiger partial charge on any atom is 0.259 e. The van der Waals surface area contributed by atoms with E-state index in [0.717, 1.165) is 41.4 Å². The lowest BCUT2D eigenvalue weighted by Crippen LogP contribution is -2.39. The number of aromatic amines is 1. The maximum atomic E-state index is 13.1. The number of likely N-dealkylation sites (N-methyl/N-ethyl adjacent to an activating group) is 1. The van der Waals surface area contributed by atoms with Gasteiger partial charge in [0.15, 0.2) is 0 Å². The molecule has 2 N–H and O–H groups in total. The summed E-state index contributed by atoms with van der Waals surface area (Å²) in [7, 11) is 2.17. The molecule has 2 aliphatic carbocycles. The lowest BCUT2D eigenvalue weighted by atomic mass is 9.94. The van der Waals surface area contributed by atoms with Crippen molar-refractivity contribution in [2.24, 2.45) is 0 Å². The van der Waals surface area contributed by atoms with Crippen LogP contribution >= 0.6 is 0 Å². The predicted molar refractivity (Wildman–Crippen MR) is 132 cm³/mol. The molecule has 33 heavy (non-hydrogen) atoms. The van der Waals surface area contributed by atoms with Gasteiger partial charge < -0.3 is 15.2 Å². The Morgan fingerprint density at radius 2 is 1.85 bits per heavy atom. The van der Waals surface area contributed by atoms with E-state index in [1.165, 1.54) is 44.9 Å². The van der Waals surface area contributed by atoms with Gasteiger partial charge in [0.05, 0.1) is 28.7 Å². The first-order valence-electron chi connectivity index (χ1n) is 12.5. The Bertz CT molecular complexity index is 1210. The minimum absolute atomic E-state index is 0.0577. The largest absolute Gasteiger partial charge is 0.351 e. The third-order valence-corrected chi connectivity index (χ3v) is 7.77. The summed E-state index contributed by atoms with van der Waals surface area (Å²) in [5, 5.41) is 9.20. The van der Waals surface area contributed by atoms with Crippen LogP contribution in [-0.4, -0.2) is 51.8 Å². The number of pyridine rings is 1. The van der Waals surface area contributed by atoms with Gasteiger partial charge in [-0.3, -0.25) is 14.3 Å². The molecule has 0 bridgehead atoms. The molecule has 0 spiro atoms. The quantitative estimate of drug-likeness (QED) is 0.588. The molecule has 0 saturated heterocycles. The van der Waals surface area contributed by atoms with Gasteiger partial charge in [0.25, 0.3) is 11.5 Å². The molecule has 5 rings (SSSR count). The van der Waals surface area contributed by atoms with E-state index < -0.39 is 0 Å². The van der Waals surface area contributed by atoms with Crippen molar-refractivity contribution >= 4 is 27.7 Å². The van der Waals surface area contributed by atoms with Crippen molar-refractivity contribution in [1.82, 2.24) is 25.0 Å². The molecular weight excluding hydrogens is 414 g/mol. The fourth-order valence-corrected chi connectivity index (χ4v) is 5.81. The van der Waals surface area contributed by atoms with Gasteiger partial charge in [-0.25, -0.2) is 0 Å². The van der Waals surface area contributed by atoms with Gasteiger partial charge in [-0.15, -0.1) is 0 Å². The summed E-state index contributed by atoms with van der Waals surface area (Å²) >= 11 is 0. The molecule has 1 amide bonds. The number of benzene rings is 1. The number of carbonyl (C=O) groups excluding carboxylic acids is 1. The molecule has 0 atom stereocenters. The standard InChI is InChI=1S/C26H35N5O2/c1-17-14-23-21(24-22(26(33)29-23)16-28-31(24)19-10-6-7-11-19)15-20(17)25(32)27-12-13-30(2)18-8-4-3-5-9-18/h14-16,18-19H,3-13H2,1-2H3,(H,27,32)(H,29,33). The fraction of sp³-hybridized carbons (Fsp3) is 0.577. The summed E-state index contributed by atoms with van der Waals surface area (Å²) in [5.41, 5.74) is 3.02. The maximum absolute atomic E-state index is 13.1. The fourth-order valence-electron chi connectivity index (χ4n) is 5.81. The van der Waals surface area contributed by atoms with E-state index >= 15 is 0 Å². The third-order valence-electron chi connectivity index (χ3n) is 7.77. The first-order chi connectivity index (χ1) is 16.0. The van der Waals surface area contributed by atoms with E-state index in [1.807, 2.05) is 23.7 Å². The second-order valence-electron chi connectivity index (χ2n) is 9.98. The minimum atomic E-state index is -0.121. The summed E-state index contributed by atoms with van der Waals surface area (Å²) in [6.45, 7) is 3.42. The molecule has 0 radical (unpaired) electrons. The number of hydrogen-bond donors (Lipinski definition) is 2. The van der Waals surface area contributed by atoms with Crippen molar-refractivity contribution in [3.05, 3.63) is 39.8 Å². The summed E-state index contributed by atoms with van der Waals surface area (Å²) in [4.78, 5) is 31.2. The van der Waals surface area contributed by atoms with Crippen LogP contribution in [0.3, 0.4) is 0 Å². The van der Waals surface area contributed by atoms with Crippen LogP contribution < -0.4 is 10.9 Å². The van der Waals surface area contributed by atoms with E-state index in [0.29, 0.717) is 29.6 Å². The van der Waals surface area contributed by atoms with Crippen LogP contribution in [0.25, 0.3) is 21.8 Å². The summed E-state index contributed by atoms with van der Waals surface area (Å²) in [6.07, 6.45) is 12.7. The molecular formula is C26H35N5O2. The van der Waals surface area contributed by atoms with Crippen LogP contribution in [0.4, 0.5) is 0 Å². The van der Waals surface area contributed by atoms with Crippen molar-refractivity contribution in [2.75, 3.05) is 20.1 Å². The number of rotatable bonds is 6. The molecule has 7 nitrogen and oxygen atoms in total. The SMILES string of the molecule is Cc1cc2[nH]c(=O)c3cnn(C4CCCC4)c3c2cc1C(=O)NCCN(C)C1CCCCC1. The highest BCUT2D eigenvalue weighted by Gasteiger charge is 2.23. The average molecular weight is 450 g/mol. The van der Waals surface area contributed by atoms with Gasteiger partial charge in [-0.1, -0.05) is 32.1 Å². The second kappa shape index (κ2) is 9.29. The number of fused-ring (bicyclic) bond motifs is 3. The highest BCUT2D eigenvalue weighted by Crippen LogP contribution is 2.33. The number of H-pyrrole nitrogens is 1. The Kier molecular flexibility index (Phi) is 6.23. The van der Waals surface area contributed by atoms with Gasteiger partial charge in [0.2, 0.25) is 0 Å². The normalized spacial score (nSPS) is 18.0. The van der Waals surface area contributed by atoms with Crippen LogP contribution in [-0.2, 0) is 0 Å². The summed E-state index contributed by atoms with van der Waals surface area (Å²) < 4.78 is 2.02. The monoisotopic (exact) mass is 449 g/mol. The van der Waals surface area contributed by atoms with Gasteiger partial charge in [0, 0.05) is 30.1 Å². The minimum Gasteiger partial charge on any atom is -0.351 e. The van der Waals surface area contributed by atoms with Crippen molar-refractivity contribution < 1.29 is 4.79 Å². The van der Waals surface area contributed by atoms with Gasteiger partial charge in [-0.2, -0.15) is 5.10 Å². The zero-order valence-corrected chi connectivity index (χ0v) is 19.8. The molecule has 0 aliphatic heterocycles. The molecule has 0 unspecified atom stereocenters. The molecule has 2 heterocycles. The third kappa shape index (κ3) is 4.31. The molecule has 7 heteroatoms. The Hall–Kier alpha value is -2.67. The second-order valence-corrected chi connectivity index (χ2v) is 9.98. The molecule has 3 aromatic rings. The average Bonchev–Trinajstić information content (AvgIpc) is 3.49. The molecule has 2 aromatic heterocycles. The molecule has 2 saturated carbocycles. The Morgan fingerprint density at radius 3 is 2.61 bits per heavy atom.